The second kappa shape index (κ2) is 25.6. The Bertz CT molecular complexity index is 1990. The van der Waals surface area contributed by atoms with Gasteiger partial charge in [0.2, 0.25) is 35.4 Å². The Morgan fingerprint density at radius 2 is 0.875 bits per heavy atom. The Balaban J connectivity index is 0.000000254. The first-order valence-corrected chi connectivity index (χ1v) is 28.1. The molecule has 0 aromatic heterocycles. The molecule has 400 valence electrons. The number of carbonyl (C=O) groups excluding carboxylic acids is 9. The lowest BCUT2D eigenvalue weighted by atomic mass is 9.85. The predicted octanol–water partition coefficient (Wildman–Crippen LogP) is -0.515. The number of rotatable bonds is 29. The van der Waals surface area contributed by atoms with Crippen molar-refractivity contribution in [2.45, 2.75) is 44.2 Å². The molecule has 8 amide bonds. The van der Waals surface area contributed by atoms with Gasteiger partial charge in [0.15, 0.2) is 0 Å². The van der Waals surface area contributed by atoms with Crippen LogP contribution in [-0.2, 0) is 88.8 Å². The van der Waals surface area contributed by atoms with E-state index < -0.39 is 47.2 Å². The number of hydrogen-bond acceptors (Lipinski definition) is 19. The van der Waals surface area contributed by atoms with E-state index in [0.29, 0.717) is 30.3 Å². The number of nitrogens with zero attached hydrogens (tertiary/aromatic N) is 3. The molecule has 24 nitrogen and oxygen atoms in total. The van der Waals surface area contributed by atoms with Gasteiger partial charge in [-0.1, -0.05) is 24.3 Å². The summed E-state index contributed by atoms with van der Waals surface area (Å²) in [6.45, 7) is 1.83. The first kappa shape index (κ1) is 56.7. The molecular weight excluding hydrogens is 983 g/mol. The summed E-state index contributed by atoms with van der Waals surface area (Å²) in [6, 6.07) is 1.08. The van der Waals surface area contributed by atoms with Crippen molar-refractivity contribution in [1.29, 1.82) is 0 Å². The largest absolute Gasteiger partial charge is 0.500 e. The average molecular weight is 1050 g/mol. The smallest absolute Gasteiger partial charge is 0.383 e. The minimum atomic E-state index is -2.89. The number of amides is 8. The summed E-state index contributed by atoms with van der Waals surface area (Å²) >= 11 is 0. The maximum absolute atomic E-state index is 13.2. The van der Waals surface area contributed by atoms with Crippen molar-refractivity contribution in [1.82, 2.24) is 25.5 Å². The van der Waals surface area contributed by atoms with E-state index in [1.807, 2.05) is 24.3 Å². The molecule has 72 heavy (non-hydrogen) atoms. The zero-order valence-corrected chi connectivity index (χ0v) is 44.0. The fourth-order valence-corrected chi connectivity index (χ4v) is 15.6. The Hall–Kier alpha value is -4.62. The molecule has 8 atom stereocenters. The second-order valence-corrected chi connectivity index (χ2v) is 24.4. The minimum Gasteiger partial charge on any atom is -0.383 e. The van der Waals surface area contributed by atoms with E-state index in [4.69, 9.17) is 45.6 Å². The summed E-state index contributed by atoms with van der Waals surface area (Å²) in [5.74, 6) is -4.91. The van der Waals surface area contributed by atoms with Crippen LogP contribution in [-0.4, -0.2) is 195 Å². The third-order valence-corrected chi connectivity index (χ3v) is 20.6. The van der Waals surface area contributed by atoms with E-state index in [0.717, 1.165) is 0 Å². The number of hydroxylamine groups is 2. The topological polar surface area (TPSA) is 280 Å². The van der Waals surface area contributed by atoms with Gasteiger partial charge in [-0.05, 0) is 35.5 Å². The molecule has 4 aliphatic carbocycles. The van der Waals surface area contributed by atoms with E-state index in [1.54, 1.807) is 49.8 Å². The van der Waals surface area contributed by atoms with Gasteiger partial charge in [0.05, 0.1) is 63.1 Å². The van der Waals surface area contributed by atoms with Crippen LogP contribution in [0, 0.1) is 59.2 Å². The number of hydrogen-bond donors (Lipinski definition) is 2. The van der Waals surface area contributed by atoms with Gasteiger partial charge in [-0.2, -0.15) is 0 Å². The molecule has 0 spiro atoms. The van der Waals surface area contributed by atoms with E-state index in [-0.39, 0.29) is 161 Å². The Kier molecular flexibility index (Phi) is 20.1. The molecule has 4 bridgehead atoms. The molecule has 3 heterocycles. The molecule has 7 aliphatic rings. The highest BCUT2D eigenvalue weighted by atomic mass is 28.4. The average Bonchev–Trinajstić information content (AvgIpc) is 4.25. The maximum atomic E-state index is 13.2. The third kappa shape index (κ3) is 12.1. The summed E-state index contributed by atoms with van der Waals surface area (Å²) in [4.78, 5) is 119. The number of nitrogens with one attached hydrogen (secondary N) is 2. The van der Waals surface area contributed by atoms with E-state index in [2.05, 4.69) is 10.6 Å². The highest BCUT2D eigenvalue weighted by molar-refractivity contribution is 6.61. The second-order valence-electron chi connectivity index (χ2n) is 18.4. The van der Waals surface area contributed by atoms with Crippen LogP contribution in [0.25, 0.3) is 0 Å². The van der Waals surface area contributed by atoms with Crippen molar-refractivity contribution in [3.8, 4) is 0 Å². The van der Waals surface area contributed by atoms with Gasteiger partial charge < -0.3 is 56.2 Å². The van der Waals surface area contributed by atoms with Crippen molar-refractivity contribution in [2.75, 3.05) is 109 Å². The van der Waals surface area contributed by atoms with Crippen molar-refractivity contribution < 1.29 is 88.8 Å². The molecule has 2 N–H and O–H groups in total. The molecule has 2 saturated carbocycles. The van der Waals surface area contributed by atoms with E-state index in [1.165, 1.54) is 9.80 Å². The van der Waals surface area contributed by atoms with Crippen LogP contribution < -0.4 is 10.6 Å². The number of fused-ring (bicyclic) bond motifs is 10. The van der Waals surface area contributed by atoms with E-state index in [9.17, 15) is 43.2 Å². The van der Waals surface area contributed by atoms with Crippen LogP contribution in [0.1, 0.15) is 32.1 Å². The third-order valence-electron chi connectivity index (χ3n) is 14.9. The van der Waals surface area contributed by atoms with Crippen LogP contribution in [0.4, 0.5) is 0 Å². The first-order chi connectivity index (χ1) is 34.6. The van der Waals surface area contributed by atoms with Gasteiger partial charge in [-0.3, -0.25) is 48.2 Å². The van der Waals surface area contributed by atoms with Gasteiger partial charge in [-0.25, -0.2) is 4.79 Å². The van der Waals surface area contributed by atoms with Crippen LogP contribution >= 0.6 is 0 Å². The molecule has 7 rings (SSSR count). The molecule has 0 radical (unpaired) electrons. The number of likely N-dealkylation sites (tertiary alicyclic amines) is 2. The SMILES string of the molecule is COCCNC(=O)CCN1C(=O)C2C3C=CC(C3C[Si](OC)(OC)OC)C2C1=O.CO[Si](CC1C2C=CC1C1C(=O)N(CCC(=O)NCCOCCOCCC(=O)ON3C(=O)CCC3=O)C(=O)C21)(OC)OC. The maximum Gasteiger partial charge on any atom is 0.500 e. The van der Waals surface area contributed by atoms with Gasteiger partial charge in [-0.15, -0.1) is 5.06 Å². The van der Waals surface area contributed by atoms with Crippen LogP contribution in [0.5, 0.6) is 0 Å². The monoisotopic (exact) mass is 1050 g/mol. The van der Waals surface area contributed by atoms with Gasteiger partial charge in [0.25, 0.3) is 11.8 Å². The van der Waals surface area contributed by atoms with Crippen molar-refractivity contribution in [3.05, 3.63) is 24.3 Å². The molecular formula is C46H69N5O19Si2. The number of carbonyl (C=O) groups is 9. The molecule has 26 heteroatoms. The number of ether oxygens (including phenoxy) is 3. The summed E-state index contributed by atoms with van der Waals surface area (Å²) < 4.78 is 49.0. The minimum absolute atomic E-state index is 0.00993. The van der Waals surface area contributed by atoms with Gasteiger partial charge >= 0.3 is 23.6 Å². The lowest BCUT2D eigenvalue weighted by molar-refractivity contribution is -0.198. The van der Waals surface area contributed by atoms with Crippen LogP contribution in [0.15, 0.2) is 24.3 Å². The fraction of sp³-hybridized carbons (Fsp3) is 0.717. The normalized spacial score (nSPS) is 27.8. The predicted molar refractivity (Wildman–Crippen MR) is 250 cm³/mol. The molecule has 3 saturated heterocycles. The standard InChI is InChI=1S/C27H39N3O12Si.C19H30N2O7Si/c1-37-43(38-2,39-3)16-19-17-4-5-18(19)25-24(17)26(35)29(27(25)36)11-8-20(31)28-10-13-41-15-14-40-12-9-23(34)42-30-21(32)6-7-22(30)33;1-25-10-8-20-15(22)7-9-21-18(23)16-12-5-6-13(17(16)19(21)24)14(12)11-29(26-2,27-3)28-4/h4-5,17-19,24-25H,6-16H2,1-3H3,(H,28,31);5-6,12-14,16-17H,7-11H2,1-4H3,(H,20,22). The summed E-state index contributed by atoms with van der Waals surface area (Å²) in [7, 11) is 5.20. The Morgan fingerprint density at radius 3 is 1.24 bits per heavy atom. The molecule has 0 aromatic rings. The number of allylic oxidation sites excluding steroid dienone is 4. The summed E-state index contributed by atoms with van der Waals surface area (Å²) in [5.41, 5.74) is 0. The first-order valence-electron chi connectivity index (χ1n) is 24.2. The lowest BCUT2D eigenvalue weighted by Gasteiger charge is -2.30. The zero-order chi connectivity index (χ0) is 52.3. The van der Waals surface area contributed by atoms with Crippen LogP contribution in [0.2, 0.25) is 12.1 Å². The molecule has 0 aromatic carbocycles. The molecule has 3 aliphatic heterocycles. The van der Waals surface area contributed by atoms with Crippen molar-refractivity contribution in [2.24, 2.45) is 59.2 Å². The van der Waals surface area contributed by atoms with E-state index >= 15 is 0 Å². The van der Waals surface area contributed by atoms with Crippen molar-refractivity contribution in [3.63, 3.8) is 0 Å². The highest BCUT2D eigenvalue weighted by Gasteiger charge is 2.66. The fourth-order valence-electron chi connectivity index (χ4n) is 11.3. The number of imide groups is 3. The summed E-state index contributed by atoms with van der Waals surface area (Å²) in [5, 5.41) is 5.90. The van der Waals surface area contributed by atoms with Crippen LogP contribution in [0.3, 0.4) is 0 Å². The van der Waals surface area contributed by atoms with Crippen molar-refractivity contribution >= 4 is 70.8 Å². The molecule has 5 fully saturated rings. The Labute approximate surface area is 420 Å². The Morgan fingerprint density at radius 1 is 0.514 bits per heavy atom. The van der Waals surface area contributed by atoms with Gasteiger partial charge in [0.1, 0.15) is 0 Å². The number of methoxy groups -OCH3 is 1. The zero-order valence-electron chi connectivity index (χ0n) is 42.0. The summed E-state index contributed by atoms with van der Waals surface area (Å²) in [6.07, 6.45) is 8.13. The lowest BCUT2D eigenvalue weighted by Crippen LogP contribution is -2.46. The quantitative estimate of drug-likeness (QED) is 0.0413. The van der Waals surface area contributed by atoms with Gasteiger partial charge in [0, 0.05) is 114 Å². The molecule has 8 unspecified atom stereocenters. The highest BCUT2D eigenvalue weighted by Crippen LogP contribution is 2.59.